The number of hydrogen-bond acceptors (Lipinski definition) is 7. The summed E-state index contributed by atoms with van der Waals surface area (Å²) < 4.78 is 12.0. The lowest BCUT2D eigenvalue weighted by molar-refractivity contribution is -0.385. The van der Waals surface area contributed by atoms with Gasteiger partial charge in [-0.05, 0) is 44.6 Å². The van der Waals surface area contributed by atoms with Gasteiger partial charge in [-0.15, -0.1) is 0 Å². The second kappa shape index (κ2) is 8.57. The molecule has 4 rings (SSSR count). The molecule has 0 aromatic heterocycles. The number of aliphatic carboxylic acids is 1. The van der Waals surface area contributed by atoms with Crippen molar-refractivity contribution in [2.24, 2.45) is 0 Å². The number of carboxylic acid groups (broad SMARTS) is 1. The van der Waals surface area contributed by atoms with Gasteiger partial charge in [0.25, 0.3) is 5.69 Å². The van der Waals surface area contributed by atoms with Gasteiger partial charge < -0.3 is 19.5 Å². The summed E-state index contributed by atoms with van der Waals surface area (Å²) in [6, 6.07) is 10.4. The van der Waals surface area contributed by atoms with E-state index in [2.05, 4.69) is 6.58 Å². The number of nitro benzene ring substituents is 1. The zero-order chi connectivity index (χ0) is 25.5. The van der Waals surface area contributed by atoms with Gasteiger partial charge in [-0.2, -0.15) is 0 Å². The maximum Gasteiger partial charge on any atom is 0.333 e. The predicted molar refractivity (Wildman–Crippen MR) is 129 cm³/mol. The molecule has 1 spiro atoms. The van der Waals surface area contributed by atoms with E-state index in [9.17, 15) is 24.8 Å². The molecule has 2 aromatic carbocycles. The second-order valence-corrected chi connectivity index (χ2v) is 9.21. The van der Waals surface area contributed by atoms with E-state index < -0.39 is 28.0 Å². The van der Waals surface area contributed by atoms with Crippen molar-refractivity contribution in [2.75, 3.05) is 11.4 Å². The van der Waals surface area contributed by atoms with Crippen LogP contribution in [0.15, 0.2) is 54.6 Å². The smallest absolute Gasteiger partial charge is 0.333 e. The number of fused-ring (bicyclic) bond motifs is 2. The Kier molecular flexibility index (Phi) is 5.88. The first kappa shape index (κ1) is 24.0. The van der Waals surface area contributed by atoms with Crippen LogP contribution in [0.4, 0.5) is 11.4 Å². The highest BCUT2D eigenvalue weighted by Crippen LogP contribution is 2.55. The normalized spacial score (nSPS) is 19.0. The number of carbonyl (C=O) groups is 2. The molecule has 0 saturated heterocycles. The molecule has 182 valence electrons. The highest BCUT2D eigenvalue weighted by molar-refractivity contribution is 5.87. The summed E-state index contributed by atoms with van der Waals surface area (Å²) >= 11 is 0. The van der Waals surface area contributed by atoms with Crippen LogP contribution in [0.5, 0.6) is 5.75 Å². The van der Waals surface area contributed by atoms with E-state index in [-0.39, 0.29) is 30.8 Å². The van der Waals surface area contributed by atoms with Crippen LogP contribution in [0, 0.1) is 10.1 Å². The summed E-state index contributed by atoms with van der Waals surface area (Å²) in [5, 5.41) is 20.9. The average Bonchev–Trinajstić information content (AvgIpc) is 2.98. The van der Waals surface area contributed by atoms with Crippen LogP contribution in [-0.4, -0.2) is 34.2 Å². The van der Waals surface area contributed by atoms with E-state index in [4.69, 9.17) is 9.47 Å². The zero-order valence-electron chi connectivity index (χ0n) is 19.7. The summed E-state index contributed by atoms with van der Waals surface area (Å²) in [6.45, 7) is 9.03. The fourth-order valence-corrected chi connectivity index (χ4v) is 4.74. The van der Waals surface area contributed by atoms with E-state index in [1.807, 2.05) is 49.1 Å². The van der Waals surface area contributed by atoms with Gasteiger partial charge in [0.1, 0.15) is 12.4 Å². The Morgan fingerprint density at radius 3 is 2.63 bits per heavy atom. The van der Waals surface area contributed by atoms with E-state index in [1.54, 1.807) is 6.08 Å². The Labute approximate surface area is 202 Å². The highest BCUT2D eigenvalue weighted by Gasteiger charge is 2.59. The molecular formula is C26H26N2O7. The quantitative estimate of drug-likeness (QED) is 0.266. The molecule has 2 heterocycles. The van der Waals surface area contributed by atoms with Crippen LogP contribution >= 0.6 is 0 Å². The molecule has 0 aliphatic carbocycles. The fourth-order valence-electron chi connectivity index (χ4n) is 4.74. The standard InChI is InChI=1S/C26H26N2O7/c1-16(2)24(31)34-15-18-14-19(28(32)33)13-17-9-11-26(35-23(17)18)25(3,4)20-7-5-6-8-21(20)27(26)12-10-22(29)30/h5-9,11,13-14H,1,10,12,15H2,2-4H3,(H,29,30). The third kappa shape index (κ3) is 3.92. The molecule has 0 fully saturated rings. The SMILES string of the molecule is C=C(C)C(=O)OCc1cc([N+](=O)[O-])cc2c1OC1(C=C2)N(CCC(=O)O)c2ccccc2C1(C)C. The number of nitrogens with zero attached hydrogens (tertiary/aromatic N) is 2. The monoisotopic (exact) mass is 478 g/mol. The molecule has 0 bridgehead atoms. The van der Waals surface area contributed by atoms with Gasteiger partial charge in [-0.1, -0.05) is 24.8 Å². The van der Waals surface area contributed by atoms with Crippen molar-refractivity contribution in [3.63, 3.8) is 0 Å². The molecule has 9 nitrogen and oxygen atoms in total. The van der Waals surface area contributed by atoms with Crippen molar-refractivity contribution in [1.82, 2.24) is 0 Å². The lowest BCUT2D eigenvalue weighted by Crippen LogP contribution is -2.60. The van der Waals surface area contributed by atoms with Gasteiger partial charge in [-0.3, -0.25) is 14.9 Å². The van der Waals surface area contributed by atoms with E-state index in [0.717, 1.165) is 11.3 Å². The van der Waals surface area contributed by atoms with Crippen molar-refractivity contribution in [3.8, 4) is 5.75 Å². The fraction of sp³-hybridized carbons (Fsp3) is 0.308. The van der Waals surface area contributed by atoms with Crippen LogP contribution in [0.2, 0.25) is 0 Å². The first-order valence-corrected chi connectivity index (χ1v) is 11.1. The summed E-state index contributed by atoms with van der Waals surface area (Å²) in [4.78, 5) is 36.4. The van der Waals surface area contributed by atoms with Gasteiger partial charge in [0.2, 0.25) is 5.72 Å². The minimum absolute atomic E-state index is 0.112. The number of carboxylic acids is 1. The first-order valence-electron chi connectivity index (χ1n) is 11.1. The van der Waals surface area contributed by atoms with Crippen LogP contribution in [-0.2, 0) is 26.3 Å². The minimum atomic E-state index is -1.11. The Hall–Kier alpha value is -4.14. The van der Waals surface area contributed by atoms with Crippen molar-refractivity contribution in [2.45, 2.75) is 44.9 Å². The third-order valence-corrected chi connectivity index (χ3v) is 6.56. The number of anilines is 1. The van der Waals surface area contributed by atoms with Crippen LogP contribution in [0.25, 0.3) is 6.08 Å². The summed E-state index contributed by atoms with van der Waals surface area (Å²) in [7, 11) is 0. The minimum Gasteiger partial charge on any atom is -0.481 e. The molecule has 1 N–H and O–H groups in total. The average molecular weight is 479 g/mol. The number of esters is 1. The molecule has 0 radical (unpaired) electrons. The van der Waals surface area contributed by atoms with E-state index in [0.29, 0.717) is 16.9 Å². The van der Waals surface area contributed by atoms with Gasteiger partial charge in [0, 0.05) is 41.1 Å². The number of hydrogen-bond donors (Lipinski definition) is 1. The number of non-ortho nitro benzene ring substituents is 1. The van der Waals surface area contributed by atoms with Gasteiger partial charge in [0.15, 0.2) is 0 Å². The largest absolute Gasteiger partial charge is 0.481 e. The van der Waals surface area contributed by atoms with E-state index in [1.165, 1.54) is 19.1 Å². The van der Waals surface area contributed by atoms with Crippen LogP contribution < -0.4 is 9.64 Å². The molecule has 1 unspecified atom stereocenters. The zero-order valence-corrected chi connectivity index (χ0v) is 19.7. The van der Waals surface area contributed by atoms with E-state index >= 15 is 0 Å². The molecule has 2 aromatic rings. The number of ether oxygens (including phenoxy) is 2. The summed E-state index contributed by atoms with van der Waals surface area (Å²) in [5.41, 5.74) is 0.944. The second-order valence-electron chi connectivity index (χ2n) is 9.21. The van der Waals surface area contributed by atoms with Crippen molar-refractivity contribution >= 4 is 29.4 Å². The predicted octanol–water partition coefficient (Wildman–Crippen LogP) is 4.59. The maximum absolute atomic E-state index is 12.0. The summed E-state index contributed by atoms with van der Waals surface area (Å²) in [5.74, 6) is -1.22. The highest BCUT2D eigenvalue weighted by atomic mass is 16.6. The van der Waals surface area contributed by atoms with Crippen LogP contribution in [0.1, 0.15) is 43.9 Å². The molecule has 2 aliphatic heterocycles. The third-order valence-electron chi connectivity index (χ3n) is 6.56. The Bertz CT molecular complexity index is 1280. The maximum atomic E-state index is 12.0. The molecule has 0 amide bonds. The number of nitro groups is 1. The molecule has 1 atom stereocenters. The first-order chi connectivity index (χ1) is 16.5. The van der Waals surface area contributed by atoms with Crippen molar-refractivity contribution in [3.05, 3.63) is 81.4 Å². The number of benzene rings is 2. The van der Waals surface area contributed by atoms with Gasteiger partial charge >= 0.3 is 11.9 Å². The lowest BCUT2D eigenvalue weighted by atomic mass is 9.76. The Balaban J connectivity index is 1.84. The van der Waals surface area contributed by atoms with Crippen molar-refractivity contribution in [1.29, 1.82) is 0 Å². The topological polar surface area (TPSA) is 119 Å². The number of para-hydroxylation sites is 1. The van der Waals surface area contributed by atoms with Gasteiger partial charge in [-0.25, -0.2) is 4.79 Å². The molecule has 2 aliphatic rings. The Morgan fingerprint density at radius 1 is 1.26 bits per heavy atom. The number of carbonyl (C=O) groups excluding carboxylic acids is 1. The number of rotatable bonds is 7. The molecular weight excluding hydrogens is 452 g/mol. The summed E-state index contributed by atoms with van der Waals surface area (Å²) in [6.07, 6.45) is 3.46. The molecule has 9 heteroatoms. The lowest BCUT2D eigenvalue weighted by Gasteiger charge is -2.47. The Morgan fingerprint density at radius 2 is 1.97 bits per heavy atom. The molecule has 35 heavy (non-hydrogen) atoms. The van der Waals surface area contributed by atoms with Crippen LogP contribution in [0.3, 0.4) is 0 Å². The van der Waals surface area contributed by atoms with Crippen molar-refractivity contribution < 1.29 is 29.1 Å². The van der Waals surface area contributed by atoms with Gasteiger partial charge in [0.05, 0.1) is 16.8 Å². The molecule has 0 saturated carbocycles.